The standard InChI is InChI=1S/C21H22N2O5/c1-4-10-23(21(27)28-14-15-8-6-5-7-9-15)18-12-16(19(24)22(2)3)11-17(13-18)20(25)26/h4-9,11-13H,1,10,14H2,2-3H3,(H,25,26). The van der Waals surface area contributed by atoms with E-state index in [1.165, 1.54) is 34.1 Å². The first kappa shape index (κ1) is 20.7. The van der Waals surface area contributed by atoms with Gasteiger partial charge < -0.3 is 14.7 Å². The summed E-state index contributed by atoms with van der Waals surface area (Å²) in [6, 6.07) is 13.2. The number of benzene rings is 2. The molecule has 0 heterocycles. The molecule has 2 amide bonds. The zero-order valence-corrected chi connectivity index (χ0v) is 15.8. The lowest BCUT2D eigenvalue weighted by Gasteiger charge is -2.22. The SMILES string of the molecule is C=CCN(C(=O)OCc1ccccc1)c1cc(C(=O)O)cc(C(=O)N(C)C)c1. The third kappa shape index (κ3) is 5.20. The van der Waals surface area contributed by atoms with Gasteiger partial charge in [-0.25, -0.2) is 9.59 Å². The summed E-state index contributed by atoms with van der Waals surface area (Å²) in [5.74, 6) is -1.58. The second kappa shape index (κ2) is 9.36. The Kier molecular flexibility index (Phi) is 6.92. The van der Waals surface area contributed by atoms with Gasteiger partial charge in [0.1, 0.15) is 6.61 Å². The van der Waals surface area contributed by atoms with E-state index in [0.29, 0.717) is 0 Å². The monoisotopic (exact) mass is 382 g/mol. The lowest BCUT2D eigenvalue weighted by atomic mass is 10.1. The Morgan fingerprint density at radius 3 is 2.29 bits per heavy atom. The number of ether oxygens (including phenoxy) is 1. The van der Waals surface area contributed by atoms with Gasteiger partial charge in [-0.1, -0.05) is 36.4 Å². The van der Waals surface area contributed by atoms with E-state index in [2.05, 4.69) is 6.58 Å². The summed E-state index contributed by atoms with van der Waals surface area (Å²) in [5.41, 5.74) is 1.11. The molecule has 0 unspecified atom stereocenters. The van der Waals surface area contributed by atoms with Crippen molar-refractivity contribution in [2.75, 3.05) is 25.5 Å². The molecule has 0 radical (unpaired) electrons. The molecule has 28 heavy (non-hydrogen) atoms. The van der Waals surface area contributed by atoms with Gasteiger partial charge in [0.15, 0.2) is 0 Å². The number of nitrogens with zero attached hydrogens (tertiary/aromatic N) is 2. The molecule has 0 atom stereocenters. The molecule has 0 saturated carbocycles. The number of carboxylic acid groups (broad SMARTS) is 1. The molecule has 0 aliphatic heterocycles. The van der Waals surface area contributed by atoms with Gasteiger partial charge in [-0.2, -0.15) is 0 Å². The number of carbonyl (C=O) groups is 3. The number of anilines is 1. The highest BCUT2D eigenvalue weighted by atomic mass is 16.6. The second-order valence-electron chi connectivity index (χ2n) is 6.21. The molecule has 2 aromatic carbocycles. The topological polar surface area (TPSA) is 87.1 Å². The zero-order valence-electron chi connectivity index (χ0n) is 15.8. The third-order valence-electron chi connectivity index (χ3n) is 3.87. The van der Waals surface area contributed by atoms with Crippen LogP contribution in [0.5, 0.6) is 0 Å². The largest absolute Gasteiger partial charge is 0.478 e. The quantitative estimate of drug-likeness (QED) is 0.742. The van der Waals surface area contributed by atoms with Crippen molar-refractivity contribution in [2.24, 2.45) is 0 Å². The summed E-state index contributed by atoms with van der Waals surface area (Å²) in [6.07, 6.45) is 0.819. The fourth-order valence-electron chi connectivity index (χ4n) is 2.48. The van der Waals surface area contributed by atoms with Crippen LogP contribution in [-0.4, -0.2) is 48.6 Å². The number of hydrogen-bond donors (Lipinski definition) is 1. The van der Waals surface area contributed by atoms with Crippen molar-refractivity contribution in [3.05, 3.63) is 77.9 Å². The first-order chi connectivity index (χ1) is 13.3. The van der Waals surface area contributed by atoms with Crippen molar-refractivity contribution in [3.63, 3.8) is 0 Å². The molecule has 0 aliphatic carbocycles. The summed E-state index contributed by atoms with van der Waals surface area (Å²) in [6.45, 7) is 3.78. The Morgan fingerprint density at radius 2 is 1.71 bits per heavy atom. The molecule has 7 heteroatoms. The Balaban J connectivity index is 2.35. The number of amides is 2. The molecule has 0 bridgehead atoms. The lowest BCUT2D eigenvalue weighted by molar-refractivity contribution is 0.0696. The fourth-order valence-corrected chi connectivity index (χ4v) is 2.48. The Hall–Kier alpha value is -3.61. The predicted molar refractivity (Wildman–Crippen MR) is 106 cm³/mol. The molecule has 0 saturated heterocycles. The van der Waals surface area contributed by atoms with Crippen LogP contribution >= 0.6 is 0 Å². The zero-order chi connectivity index (χ0) is 20.7. The molecule has 0 fully saturated rings. The molecular formula is C21H22N2O5. The van der Waals surface area contributed by atoms with Gasteiger partial charge in [0, 0.05) is 31.9 Å². The number of carbonyl (C=O) groups excluding carboxylic acids is 2. The second-order valence-corrected chi connectivity index (χ2v) is 6.21. The molecule has 7 nitrogen and oxygen atoms in total. The van der Waals surface area contributed by atoms with Crippen molar-refractivity contribution < 1.29 is 24.2 Å². The number of aromatic carboxylic acids is 1. The van der Waals surface area contributed by atoms with Gasteiger partial charge in [0.2, 0.25) is 0 Å². The van der Waals surface area contributed by atoms with E-state index in [-0.39, 0.29) is 35.9 Å². The van der Waals surface area contributed by atoms with E-state index in [9.17, 15) is 19.5 Å². The first-order valence-electron chi connectivity index (χ1n) is 8.52. The molecule has 0 aliphatic rings. The maximum Gasteiger partial charge on any atom is 0.414 e. The van der Waals surface area contributed by atoms with Gasteiger partial charge in [-0.05, 0) is 23.8 Å². The molecule has 1 N–H and O–H groups in total. The van der Waals surface area contributed by atoms with E-state index in [1.54, 1.807) is 14.1 Å². The van der Waals surface area contributed by atoms with E-state index < -0.39 is 12.1 Å². The maximum absolute atomic E-state index is 12.6. The Bertz CT molecular complexity index is 878. The van der Waals surface area contributed by atoms with Gasteiger partial charge in [0.25, 0.3) is 5.91 Å². The van der Waals surface area contributed by atoms with Crippen LogP contribution < -0.4 is 4.90 Å². The highest BCUT2D eigenvalue weighted by molar-refractivity contribution is 6.00. The minimum absolute atomic E-state index is 0.0649. The Morgan fingerprint density at radius 1 is 1.07 bits per heavy atom. The van der Waals surface area contributed by atoms with E-state index in [4.69, 9.17) is 4.74 Å². The van der Waals surface area contributed by atoms with Crippen molar-refractivity contribution in [1.82, 2.24) is 4.90 Å². The predicted octanol–water partition coefficient (Wildman–Crippen LogP) is 3.42. The highest BCUT2D eigenvalue weighted by Crippen LogP contribution is 2.22. The number of hydrogen-bond acceptors (Lipinski definition) is 4. The van der Waals surface area contributed by atoms with Crippen LogP contribution in [0.1, 0.15) is 26.3 Å². The lowest BCUT2D eigenvalue weighted by Crippen LogP contribution is -2.32. The number of carboxylic acids is 1. The summed E-state index contributed by atoms with van der Waals surface area (Å²) < 4.78 is 5.34. The van der Waals surface area contributed by atoms with Crippen LogP contribution in [0.4, 0.5) is 10.5 Å². The van der Waals surface area contributed by atoms with Gasteiger partial charge >= 0.3 is 12.1 Å². The summed E-state index contributed by atoms with van der Waals surface area (Å²) in [4.78, 5) is 39.0. The van der Waals surface area contributed by atoms with Crippen molar-refractivity contribution >= 4 is 23.7 Å². The van der Waals surface area contributed by atoms with Gasteiger partial charge in [-0.3, -0.25) is 9.69 Å². The average Bonchev–Trinajstić information content (AvgIpc) is 2.69. The van der Waals surface area contributed by atoms with E-state index >= 15 is 0 Å². The van der Waals surface area contributed by atoms with Gasteiger partial charge in [0.05, 0.1) is 5.56 Å². The van der Waals surface area contributed by atoms with Crippen LogP contribution in [0.25, 0.3) is 0 Å². The van der Waals surface area contributed by atoms with Gasteiger partial charge in [-0.15, -0.1) is 6.58 Å². The van der Waals surface area contributed by atoms with Crippen molar-refractivity contribution in [3.8, 4) is 0 Å². The average molecular weight is 382 g/mol. The minimum atomic E-state index is -1.20. The smallest absolute Gasteiger partial charge is 0.414 e. The molecular weight excluding hydrogens is 360 g/mol. The van der Waals surface area contributed by atoms with Crippen molar-refractivity contribution in [1.29, 1.82) is 0 Å². The summed E-state index contributed by atoms with van der Waals surface area (Å²) in [5, 5.41) is 9.38. The minimum Gasteiger partial charge on any atom is -0.478 e. The molecule has 146 valence electrons. The van der Waals surface area contributed by atoms with E-state index in [1.807, 2.05) is 30.3 Å². The summed E-state index contributed by atoms with van der Waals surface area (Å²) >= 11 is 0. The highest BCUT2D eigenvalue weighted by Gasteiger charge is 2.21. The van der Waals surface area contributed by atoms with E-state index in [0.717, 1.165) is 5.56 Å². The number of rotatable bonds is 7. The molecule has 0 spiro atoms. The van der Waals surface area contributed by atoms with Crippen LogP contribution in [0, 0.1) is 0 Å². The molecule has 2 rings (SSSR count). The van der Waals surface area contributed by atoms with Crippen LogP contribution in [0.15, 0.2) is 61.2 Å². The Labute approximate surface area is 163 Å². The van der Waals surface area contributed by atoms with Crippen molar-refractivity contribution in [2.45, 2.75) is 6.61 Å². The molecule has 0 aromatic heterocycles. The first-order valence-corrected chi connectivity index (χ1v) is 8.52. The van der Waals surface area contributed by atoms with Crippen LogP contribution in [0.2, 0.25) is 0 Å². The van der Waals surface area contributed by atoms with Crippen LogP contribution in [-0.2, 0) is 11.3 Å². The maximum atomic E-state index is 12.6. The summed E-state index contributed by atoms with van der Waals surface area (Å²) in [7, 11) is 3.12. The van der Waals surface area contributed by atoms with Crippen LogP contribution in [0.3, 0.4) is 0 Å². The normalized spacial score (nSPS) is 10.1. The third-order valence-corrected chi connectivity index (χ3v) is 3.87. The molecule has 2 aromatic rings. The fraction of sp³-hybridized carbons (Fsp3) is 0.190.